The second-order valence-electron chi connectivity index (χ2n) is 7.59. The van der Waals surface area contributed by atoms with Crippen LogP contribution in [0.2, 0.25) is 0 Å². The smallest absolute Gasteiger partial charge is 0.121 e. The van der Waals surface area contributed by atoms with Gasteiger partial charge in [0.15, 0.2) is 0 Å². The minimum absolute atomic E-state index is 0.770. The van der Waals surface area contributed by atoms with Gasteiger partial charge in [0.05, 0.1) is 12.3 Å². The number of unbranched alkanes of at least 4 members (excludes halogenated alkanes) is 1. The van der Waals surface area contributed by atoms with Gasteiger partial charge in [-0.1, -0.05) is 12.6 Å². The van der Waals surface area contributed by atoms with Crippen LogP contribution in [0, 0.1) is 0 Å². The van der Waals surface area contributed by atoms with Crippen LogP contribution in [0.15, 0.2) is 36.7 Å². The molecule has 1 aromatic heterocycles. The van der Waals surface area contributed by atoms with E-state index in [0.717, 1.165) is 82.0 Å². The molecule has 0 unspecified atom stereocenters. The molecule has 0 aliphatic carbocycles. The summed E-state index contributed by atoms with van der Waals surface area (Å²) in [5.74, 6) is 0.950. The zero-order chi connectivity index (χ0) is 18.6. The van der Waals surface area contributed by atoms with E-state index < -0.39 is 0 Å². The predicted octanol–water partition coefficient (Wildman–Crippen LogP) is 3.99. The molecule has 3 heterocycles. The Kier molecular flexibility index (Phi) is 5.48. The third-order valence-electron chi connectivity index (χ3n) is 5.53. The number of fused-ring (bicyclic) bond motifs is 2. The number of hydrogen-bond acceptors (Lipinski definition) is 4. The molecule has 27 heavy (non-hydrogen) atoms. The average Bonchev–Trinajstić information content (AvgIpc) is 3.10. The number of aryl methyl sites for hydroxylation is 2. The molecule has 5 nitrogen and oxygen atoms in total. The number of allylic oxidation sites excluding steroid dienone is 1. The summed E-state index contributed by atoms with van der Waals surface area (Å²) in [4.78, 5) is 2.54. The Morgan fingerprint density at radius 3 is 3.00 bits per heavy atom. The lowest BCUT2D eigenvalue weighted by Crippen LogP contribution is -2.31. The fourth-order valence-electron chi connectivity index (χ4n) is 3.93. The van der Waals surface area contributed by atoms with Crippen molar-refractivity contribution in [2.45, 2.75) is 52.1 Å². The Balaban J connectivity index is 1.19. The summed E-state index contributed by atoms with van der Waals surface area (Å²) in [6.45, 7) is 11.2. The van der Waals surface area contributed by atoms with E-state index in [9.17, 15) is 0 Å². The number of nitrogens with zero attached hydrogens (tertiary/aromatic N) is 3. The van der Waals surface area contributed by atoms with Crippen molar-refractivity contribution in [2.24, 2.45) is 0 Å². The summed E-state index contributed by atoms with van der Waals surface area (Å²) < 4.78 is 8.03. The van der Waals surface area contributed by atoms with Crippen molar-refractivity contribution < 1.29 is 4.74 Å². The van der Waals surface area contributed by atoms with E-state index in [1.807, 2.05) is 0 Å². The van der Waals surface area contributed by atoms with Gasteiger partial charge in [-0.3, -0.25) is 9.58 Å². The Bertz CT molecular complexity index is 811. The third-order valence-corrected chi connectivity index (χ3v) is 5.53. The van der Waals surface area contributed by atoms with Crippen LogP contribution < -0.4 is 10.1 Å². The Labute approximate surface area is 162 Å². The van der Waals surface area contributed by atoms with Crippen molar-refractivity contribution >= 4 is 5.69 Å². The van der Waals surface area contributed by atoms with Crippen LogP contribution in [-0.4, -0.2) is 34.4 Å². The van der Waals surface area contributed by atoms with Gasteiger partial charge in [-0.2, -0.15) is 5.10 Å². The lowest BCUT2D eigenvalue weighted by molar-refractivity contribution is 0.234. The fraction of sp³-hybridized carbons (Fsp3) is 0.500. The van der Waals surface area contributed by atoms with E-state index in [-0.39, 0.29) is 0 Å². The SMILES string of the molecule is C=C1CCc2ccc(OCCCCN3CCc4nn(CC)cc4C3)cc2N1. The quantitative estimate of drug-likeness (QED) is 0.753. The fourth-order valence-corrected chi connectivity index (χ4v) is 3.93. The summed E-state index contributed by atoms with van der Waals surface area (Å²) in [6, 6.07) is 6.37. The number of benzene rings is 1. The molecule has 2 aliphatic rings. The molecule has 0 amide bonds. The summed E-state index contributed by atoms with van der Waals surface area (Å²) in [6.07, 6.45) is 7.61. The minimum Gasteiger partial charge on any atom is -0.494 e. The number of rotatable bonds is 7. The highest BCUT2D eigenvalue weighted by molar-refractivity contribution is 5.60. The van der Waals surface area contributed by atoms with Crippen LogP contribution >= 0.6 is 0 Å². The van der Waals surface area contributed by atoms with E-state index in [1.165, 1.54) is 16.8 Å². The number of nitrogens with one attached hydrogen (secondary N) is 1. The number of aromatic nitrogens is 2. The maximum absolute atomic E-state index is 5.97. The zero-order valence-corrected chi connectivity index (χ0v) is 16.3. The first-order valence-electron chi connectivity index (χ1n) is 10.2. The zero-order valence-electron chi connectivity index (χ0n) is 16.3. The van der Waals surface area contributed by atoms with Gasteiger partial charge in [0.2, 0.25) is 0 Å². The molecule has 0 fully saturated rings. The Morgan fingerprint density at radius 1 is 1.19 bits per heavy atom. The molecule has 144 valence electrons. The largest absolute Gasteiger partial charge is 0.494 e. The molecule has 2 aromatic rings. The molecular formula is C22H30N4O. The van der Waals surface area contributed by atoms with Crippen LogP contribution in [0.3, 0.4) is 0 Å². The molecule has 5 heteroatoms. The van der Waals surface area contributed by atoms with Gasteiger partial charge in [0, 0.05) is 55.3 Å². The van der Waals surface area contributed by atoms with Gasteiger partial charge in [-0.25, -0.2) is 0 Å². The highest BCUT2D eigenvalue weighted by Gasteiger charge is 2.18. The minimum atomic E-state index is 0.770. The standard InChI is InChI=1S/C22H30N4O/c1-3-26-16-19-15-25(12-10-21(19)24-26)11-4-5-13-27-20-9-8-18-7-6-17(2)23-22(18)14-20/h8-9,14,16,23H,2-7,10-13,15H2,1H3. The van der Waals surface area contributed by atoms with E-state index in [4.69, 9.17) is 4.74 Å². The van der Waals surface area contributed by atoms with Crippen molar-refractivity contribution in [2.75, 3.05) is 25.0 Å². The molecule has 0 spiro atoms. The number of ether oxygens (including phenoxy) is 1. The number of anilines is 1. The maximum Gasteiger partial charge on any atom is 0.121 e. The van der Waals surface area contributed by atoms with Crippen molar-refractivity contribution in [1.82, 2.24) is 14.7 Å². The van der Waals surface area contributed by atoms with Crippen molar-refractivity contribution in [3.63, 3.8) is 0 Å². The van der Waals surface area contributed by atoms with Crippen molar-refractivity contribution in [3.05, 3.63) is 53.5 Å². The summed E-state index contributed by atoms with van der Waals surface area (Å²) in [5, 5.41) is 8.01. The third kappa shape index (κ3) is 4.35. The molecular weight excluding hydrogens is 336 g/mol. The average molecular weight is 367 g/mol. The van der Waals surface area contributed by atoms with Gasteiger partial charge in [0.25, 0.3) is 0 Å². The molecule has 0 saturated carbocycles. The lowest BCUT2D eigenvalue weighted by atomic mass is 10.0. The van der Waals surface area contributed by atoms with E-state index in [1.54, 1.807) is 0 Å². The van der Waals surface area contributed by atoms with E-state index in [2.05, 4.69) is 57.9 Å². The van der Waals surface area contributed by atoms with Gasteiger partial charge < -0.3 is 10.1 Å². The van der Waals surface area contributed by atoms with Crippen LogP contribution in [0.5, 0.6) is 5.75 Å². The predicted molar refractivity (Wildman–Crippen MR) is 109 cm³/mol. The van der Waals surface area contributed by atoms with Crippen LogP contribution in [0.1, 0.15) is 43.0 Å². The Morgan fingerprint density at radius 2 is 2.11 bits per heavy atom. The molecule has 0 atom stereocenters. The first-order chi connectivity index (χ1) is 13.2. The van der Waals surface area contributed by atoms with E-state index in [0.29, 0.717) is 0 Å². The van der Waals surface area contributed by atoms with Crippen molar-refractivity contribution in [1.29, 1.82) is 0 Å². The normalized spacial score (nSPS) is 16.6. The van der Waals surface area contributed by atoms with E-state index >= 15 is 0 Å². The van der Waals surface area contributed by atoms with Gasteiger partial charge in [-0.05, 0) is 50.8 Å². The number of hydrogen-bond donors (Lipinski definition) is 1. The van der Waals surface area contributed by atoms with Crippen LogP contribution in [0.4, 0.5) is 5.69 Å². The summed E-state index contributed by atoms with van der Waals surface area (Å²) in [5.41, 5.74) is 6.29. The van der Waals surface area contributed by atoms with Crippen LogP contribution in [0.25, 0.3) is 0 Å². The molecule has 1 aromatic carbocycles. The second kappa shape index (κ2) is 8.17. The van der Waals surface area contributed by atoms with Crippen LogP contribution in [-0.2, 0) is 25.9 Å². The maximum atomic E-state index is 5.97. The van der Waals surface area contributed by atoms with Gasteiger partial charge in [0.1, 0.15) is 5.75 Å². The topological polar surface area (TPSA) is 42.3 Å². The van der Waals surface area contributed by atoms with Crippen molar-refractivity contribution in [3.8, 4) is 5.75 Å². The van der Waals surface area contributed by atoms with Gasteiger partial charge >= 0.3 is 0 Å². The Hall–Kier alpha value is -2.27. The summed E-state index contributed by atoms with van der Waals surface area (Å²) in [7, 11) is 0. The second-order valence-corrected chi connectivity index (χ2v) is 7.59. The summed E-state index contributed by atoms with van der Waals surface area (Å²) >= 11 is 0. The molecule has 1 N–H and O–H groups in total. The molecule has 0 saturated heterocycles. The lowest BCUT2D eigenvalue weighted by Gasteiger charge is -2.25. The molecule has 0 radical (unpaired) electrons. The molecule has 2 aliphatic heterocycles. The monoisotopic (exact) mass is 366 g/mol. The highest BCUT2D eigenvalue weighted by atomic mass is 16.5. The highest BCUT2D eigenvalue weighted by Crippen LogP contribution is 2.29. The first kappa shape index (κ1) is 18.1. The molecule has 0 bridgehead atoms. The van der Waals surface area contributed by atoms with Gasteiger partial charge in [-0.15, -0.1) is 0 Å². The molecule has 4 rings (SSSR count). The first-order valence-corrected chi connectivity index (χ1v) is 10.2.